The van der Waals surface area contributed by atoms with Crippen LogP contribution < -0.4 is 21.7 Å². The summed E-state index contributed by atoms with van der Waals surface area (Å²) >= 11 is 0. The minimum absolute atomic E-state index is 0.201. The number of anilines is 3. The van der Waals surface area contributed by atoms with Crippen LogP contribution in [0, 0.1) is 5.82 Å². The molecule has 4 rings (SSSR count). The summed E-state index contributed by atoms with van der Waals surface area (Å²) in [6, 6.07) is 13.8. The number of nitrogens with two attached hydrogens (primary N) is 1. The third-order valence-electron chi connectivity index (χ3n) is 4.45. The van der Waals surface area contributed by atoms with E-state index in [0.717, 1.165) is 5.56 Å². The molecule has 0 bridgehead atoms. The highest BCUT2D eigenvalue weighted by molar-refractivity contribution is 6.10. The molecule has 10 heteroatoms. The molecule has 5 N–H and O–H groups in total. The molecule has 2 aromatic heterocycles. The van der Waals surface area contributed by atoms with Gasteiger partial charge in [0.05, 0.1) is 5.56 Å². The molecule has 31 heavy (non-hydrogen) atoms. The largest absolute Gasteiger partial charge is 0.382 e. The molecule has 2 heterocycles. The Bertz CT molecular complexity index is 1270. The molecule has 0 aliphatic heterocycles. The van der Waals surface area contributed by atoms with E-state index in [1.807, 2.05) is 0 Å². The molecule has 0 fully saturated rings. The number of fused-ring (bicyclic) bond motifs is 1. The van der Waals surface area contributed by atoms with Crippen LogP contribution >= 0.6 is 0 Å². The van der Waals surface area contributed by atoms with Crippen molar-refractivity contribution in [2.45, 2.75) is 6.54 Å². The Morgan fingerprint density at radius 3 is 2.61 bits per heavy atom. The van der Waals surface area contributed by atoms with Crippen molar-refractivity contribution in [3.05, 3.63) is 84.1 Å². The van der Waals surface area contributed by atoms with Crippen LogP contribution in [0.15, 0.2) is 67.1 Å². The number of benzene rings is 2. The molecular formula is C21H18FN7O2. The molecular weight excluding hydrogens is 401 g/mol. The minimum Gasteiger partial charge on any atom is -0.382 e. The summed E-state index contributed by atoms with van der Waals surface area (Å²) in [4.78, 5) is 28.7. The van der Waals surface area contributed by atoms with Crippen LogP contribution in [-0.4, -0.2) is 26.5 Å². The van der Waals surface area contributed by atoms with Gasteiger partial charge in [-0.15, -0.1) is 0 Å². The molecule has 0 spiro atoms. The number of rotatable bonds is 5. The van der Waals surface area contributed by atoms with E-state index >= 15 is 0 Å². The molecule has 3 amide bonds. The Morgan fingerprint density at radius 1 is 1.03 bits per heavy atom. The number of nitrogens with one attached hydrogen (secondary N) is 3. The molecule has 0 atom stereocenters. The lowest BCUT2D eigenvalue weighted by atomic mass is 10.2. The Kier molecular flexibility index (Phi) is 5.43. The number of halogens is 1. The van der Waals surface area contributed by atoms with E-state index in [1.54, 1.807) is 42.6 Å². The van der Waals surface area contributed by atoms with Gasteiger partial charge in [0.25, 0.3) is 5.91 Å². The van der Waals surface area contributed by atoms with Crippen molar-refractivity contribution in [1.29, 1.82) is 0 Å². The van der Waals surface area contributed by atoms with Crippen LogP contribution in [0.4, 0.5) is 26.4 Å². The maximum atomic E-state index is 13.2. The highest BCUT2D eigenvalue weighted by atomic mass is 19.1. The van der Waals surface area contributed by atoms with Gasteiger partial charge in [-0.05, 0) is 42.0 Å². The zero-order chi connectivity index (χ0) is 21.8. The highest BCUT2D eigenvalue weighted by Crippen LogP contribution is 2.19. The molecule has 156 valence electrons. The van der Waals surface area contributed by atoms with E-state index in [2.05, 4.69) is 26.0 Å². The summed E-state index contributed by atoms with van der Waals surface area (Å²) < 4.78 is 14.7. The molecule has 9 nitrogen and oxygen atoms in total. The van der Waals surface area contributed by atoms with E-state index < -0.39 is 11.8 Å². The second-order valence-corrected chi connectivity index (χ2v) is 6.64. The highest BCUT2D eigenvalue weighted by Gasteiger charge is 2.15. The van der Waals surface area contributed by atoms with Crippen LogP contribution in [0.2, 0.25) is 0 Å². The first-order valence-electron chi connectivity index (χ1n) is 9.28. The van der Waals surface area contributed by atoms with Crippen molar-refractivity contribution in [1.82, 2.24) is 19.9 Å². The fourth-order valence-electron chi connectivity index (χ4n) is 3.04. The van der Waals surface area contributed by atoms with E-state index in [0.29, 0.717) is 22.5 Å². The first-order valence-corrected chi connectivity index (χ1v) is 9.28. The molecule has 2 aromatic carbocycles. The lowest BCUT2D eigenvalue weighted by molar-refractivity contribution is 0.102. The molecule has 0 saturated carbocycles. The van der Waals surface area contributed by atoms with E-state index in [1.165, 1.54) is 29.0 Å². The molecule has 4 aromatic rings. The number of hydrogen-bond donors (Lipinski definition) is 4. The smallest absolute Gasteiger partial charge is 0.319 e. The van der Waals surface area contributed by atoms with Gasteiger partial charge in [0, 0.05) is 24.1 Å². The summed E-state index contributed by atoms with van der Waals surface area (Å²) in [7, 11) is 0. The Labute approximate surface area is 176 Å². The summed E-state index contributed by atoms with van der Waals surface area (Å²) in [5, 5.41) is 12.1. The summed E-state index contributed by atoms with van der Waals surface area (Å²) in [5.74, 6) is -0.601. The van der Waals surface area contributed by atoms with Crippen molar-refractivity contribution in [3.63, 3.8) is 0 Å². The quantitative estimate of drug-likeness (QED) is 0.396. The van der Waals surface area contributed by atoms with Gasteiger partial charge in [-0.3, -0.25) is 4.79 Å². The van der Waals surface area contributed by atoms with Crippen molar-refractivity contribution < 1.29 is 14.0 Å². The van der Waals surface area contributed by atoms with Gasteiger partial charge in [0.15, 0.2) is 5.82 Å². The second kappa shape index (κ2) is 8.49. The average molecular weight is 419 g/mol. The van der Waals surface area contributed by atoms with Gasteiger partial charge < -0.3 is 21.7 Å². The van der Waals surface area contributed by atoms with E-state index in [-0.39, 0.29) is 18.3 Å². The monoisotopic (exact) mass is 419 g/mol. The van der Waals surface area contributed by atoms with Gasteiger partial charge in [-0.25, -0.2) is 18.7 Å². The first-order chi connectivity index (χ1) is 15.0. The normalized spacial score (nSPS) is 10.6. The van der Waals surface area contributed by atoms with Gasteiger partial charge >= 0.3 is 6.03 Å². The Balaban J connectivity index is 1.40. The predicted molar refractivity (Wildman–Crippen MR) is 114 cm³/mol. The second-order valence-electron chi connectivity index (χ2n) is 6.64. The number of nitrogens with zero attached hydrogens (tertiary/aromatic N) is 3. The third kappa shape index (κ3) is 4.58. The zero-order valence-electron chi connectivity index (χ0n) is 16.2. The number of amides is 3. The van der Waals surface area contributed by atoms with Crippen LogP contribution in [0.3, 0.4) is 0 Å². The van der Waals surface area contributed by atoms with E-state index in [4.69, 9.17) is 5.73 Å². The summed E-state index contributed by atoms with van der Waals surface area (Å²) in [6.07, 6.45) is 2.94. The minimum atomic E-state index is -0.476. The molecule has 0 saturated heterocycles. The van der Waals surface area contributed by atoms with Crippen LogP contribution in [-0.2, 0) is 6.54 Å². The maximum Gasteiger partial charge on any atom is 0.319 e. The van der Waals surface area contributed by atoms with Crippen LogP contribution in [0.5, 0.6) is 0 Å². The predicted octanol–water partition coefficient (Wildman–Crippen LogP) is 3.02. The van der Waals surface area contributed by atoms with Crippen molar-refractivity contribution in [2.75, 3.05) is 16.4 Å². The number of aromatic nitrogens is 3. The number of carbonyl (C=O) groups excluding carboxylic acids is 2. The number of carbonyl (C=O) groups is 2. The first kappa shape index (κ1) is 19.8. The topological polar surface area (TPSA) is 126 Å². The van der Waals surface area contributed by atoms with Gasteiger partial charge in [-0.2, -0.15) is 5.10 Å². The maximum absolute atomic E-state index is 13.2. The molecule has 0 aliphatic carbocycles. The van der Waals surface area contributed by atoms with Crippen molar-refractivity contribution >= 4 is 34.6 Å². The Morgan fingerprint density at radius 2 is 1.81 bits per heavy atom. The van der Waals surface area contributed by atoms with Crippen LogP contribution in [0.1, 0.15) is 15.9 Å². The standard InChI is InChI=1S/C21H18FN7O2/c22-14-4-2-6-16(10-14)28-21(31)24-11-13-3-1-5-15(9-13)27-20(30)17-7-8-29-18(17)19(23)25-12-26-29/h1-10,12H,11H2,(H,27,30)(H2,23,25,26)(H2,24,28,31). The number of urea groups is 1. The molecule has 0 radical (unpaired) electrons. The Hall–Kier alpha value is -4.47. The number of hydrogen-bond acceptors (Lipinski definition) is 5. The number of nitrogen functional groups attached to an aromatic ring is 1. The average Bonchev–Trinajstić information content (AvgIpc) is 3.18. The molecule has 0 unspecified atom stereocenters. The lowest BCUT2D eigenvalue weighted by Gasteiger charge is -2.10. The zero-order valence-corrected chi connectivity index (χ0v) is 16.2. The lowest BCUT2D eigenvalue weighted by Crippen LogP contribution is -2.28. The van der Waals surface area contributed by atoms with Gasteiger partial charge in [0.2, 0.25) is 0 Å². The SMILES string of the molecule is Nc1ncnn2ccc(C(=O)Nc3cccc(CNC(=O)Nc4cccc(F)c4)c3)c12. The summed E-state index contributed by atoms with van der Waals surface area (Å²) in [5.41, 5.74) is 8.29. The summed E-state index contributed by atoms with van der Waals surface area (Å²) in [6.45, 7) is 0.209. The van der Waals surface area contributed by atoms with Crippen molar-refractivity contribution in [2.24, 2.45) is 0 Å². The van der Waals surface area contributed by atoms with E-state index in [9.17, 15) is 14.0 Å². The van der Waals surface area contributed by atoms with Gasteiger partial charge in [0.1, 0.15) is 17.7 Å². The van der Waals surface area contributed by atoms with Crippen molar-refractivity contribution in [3.8, 4) is 0 Å². The van der Waals surface area contributed by atoms with Gasteiger partial charge in [-0.1, -0.05) is 18.2 Å². The fraction of sp³-hybridized carbons (Fsp3) is 0.0476. The van der Waals surface area contributed by atoms with Crippen LogP contribution in [0.25, 0.3) is 5.52 Å². The third-order valence-corrected chi connectivity index (χ3v) is 4.45. The fourth-order valence-corrected chi connectivity index (χ4v) is 3.04. The molecule has 0 aliphatic rings.